The van der Waals surface area contributed by atoms with Crippen LogP contribution in [0.25, 0.3) is 0 Å². The zero-order valence-electron chi connectivity index (χ0n) is 28.6. The maximum Gasteiger partial charge on any atom is 0.312 e. The molecule has 6 rings (SSSR count). The van der Waals surface area contributed by atoms with Crippen molar-refractivity contribution >= 4 is 23.3 Å². The summed E-state index contributed by atoms with van der Waals surface area (Å²) in [5.74, 6) is 2.14. The molecule has 47 heavy (non-hydrogen) atoms. The van der Waals surface area contributed by atoms with Gasteiger partial charge in [-0.3, -0.25) is 19.2 Å². The normalized spacial score (nSPS) is 28.1. The summed E-state index contributed by atoms with van der Waals surface area (Å²) < 4.78 is 5.71. The van der Waals surface area contributed by atoms with E-state index in [1.807, 2.05) is 32.0 Å². The highest BCUT2D eigenvalue weighted by atomic mass is 16.5. The number of benzene rings is 2. The summed E-state index contributed by atoms with van der Waals surface area (Å²) in [6, 6.07) is 15.6. The Bertz CT molecular complexity index is 1420. The number of hydrogen-bond acceptors (Lipinski definition) is 5. The summed E-state index contributed by atoms with van der Waals surface area (Å²) in [6.07, 6.45) is 15.1. The molecule has 0 bridgehead atoms. The molecule has 2 unspecified atom stereocenters. The van der Waals surface area contributed by atoms with Gasteiger partial charge in [-0.05, 0) is 106 Å². The highest BCUT2D eigenvalue weighted by Gasteiger charge is 2.45. The van der Waals surface area contributed by atoms with E-state index in [2.05, 4.69) is 18.2 Å². The number of Topliss-reactive ketones (excluding diaryl/α,β-unsaturated/α-hetero) is 3. The molecule has 2 aromatic rings. The van der Waals surface area contributed by atoms with Gasteiger partial charge in [0.05, 0.1) is 6.42 Å². The lowest BCUT2D eigenvalue weighted by molar-refractivity contribution is -0.146. The standard InChI is InChI=1S/C42H54O5/c1-28-12-22-36(23-13-28)47-40(45)27-42(2,41(46)33-20-14-30(15-21-33)29-8-4-3-5-9-29)26-39(44)32-18-16-31(17-19-32)37-24-34-10-6-7-11-35(34)25-38(37)43/h6-7,10-13,22-23,29-33,37H,3-5,8-9,14-21,24-27H2,1-2H3. The fraction of sp³-hybridized carbons (Fsp3) is 0.619. The molecule has 0 heterocycles. The van der Waals surface area contributed by atoms with Gasteiger partial charge < -0.3 is 4.74 Å². The van der Waals surface area contributed by atoms with Gasteiger partial charge in [-0.25, -0.2) is 0 Å². The average molecular weight is 639 g/mol. The van der Waals surface area contributed by atoms with Crippen LogP contribution in [0.2, 0.25) is 0 Å². The molecule has 4 aliphatic carbocycles. The molecule has 0 N–H and O–H groups in total. The molecule has 4 aliphatic rings. The summed E-state index contributed by atoms with van der Waals surface area (Å²) in [7, 11) is 0. The Morgan fingerprint density at radius 3 is 1.98 bits per heavy atom. The highest BCUT2D eigenvalue weighted by molar-refractivity contribution is 5.95. The first kappa shape index (κ1) is 33.8. The molecule has 0 aliphatic heterocycles. The predicted molar refractivity (Wildman–Crippen MR) is 184 cm³/mol. The Morgan fingerprint density at radius 1 is 0.702 bits per heavy atom. The molecule has 3 saturated carbocycles. The summed E-state index contributed by atoms with van der Waals surface area (Å²) in [5.41, 5.74) is 2.44. The molecule has 0 aromatic heterocycles. The van der Waals surface area contributed by atoms with Crippen molar-refractivity contribution in [2.75, 3.05) is 0 Å². The molecule has 5 heteroatoms. The van der Waals surface area contributed by atoms with Crippen molar-refractivity contribution < 1.29 is 23.9 Å². The zero-order valence-corrected chi connectivity index (χ0v) is 28.6. The molecule has 0 saturated heterocycles. The minimum atomic E-state index is -1.08. The quantitative estimate of drug-likeness (QED) is 0.192. The van der Waals surface area contributed by atoms with Gasteiger partial charge in [0.15, 0.2) is 0 Å². The number of rotatable bonds is 10. The van der Waals surface area contributed by atoms with Gasteiger partial charge in [0.1, 0.15) is 23.1 Å². The molecular weight excluding hydrogens is 584 g/mol. The first-order chi connectivity index (χ1) is 22.7. The van der Waals surface area contributed by atoms with Crippen molar-refractivity contribution in [3.8, 4) is 5.75 Å². The Morgan fingerprint density at radius 2 is 1.30 bits per heavy atom. The minimum absolute atomic E-state index is 0.0353. The second-order valence-electron chi connectivity index (χ2n) is 15.9. The zero-order chi connectivity index (χ0) is 33.0. The van der Waals surface area contributed by atoms with Crippen LogP contribution in [0.15, 0.2) is 48.5 Å². The van der Waals surface area contributed by atoms with E-state index in [0.29, 0.717) is 29.8 Å². The predicted octanol–water partition coefficient (Wildman–Crippen LogP) is 9.00. The van der Waals surface area contributed by atoms with E-state index in [4.69, 9.17) is 4.74 Å². The van der Waals surface area contributed by atoms with E-state index in [9.17, 15) is 19.2 Å². The van der Waals surface area contributed by atoms with E-state index >= 15 is 0 Å². The molecular formula is C42H54O5. The number of ether oxygens (including phenoxy) is 1. The first-order valence-electron chi connectivity index (χ1n) is 18.6. The van der Waals surface area contributed by atoms with Crippen LogP contribution in [-0.2, 0) is 32.0 Å². The third-order valence-electron chi connectivity index (χ3n) is 12.5. The number of aryl methyl sites for hydroxylation is 1. The fourth-order valence-corrected chi connectivity index (χ4v) is 9.68. The van der Waals surface area contributed by atoms with Gasteiger partial charge in [-0.2, -0.15) is 0 Å². The van der Waals surface area contributed by atoms with Crippen LogP contribution in [0, 0.1) is 47.8 Å². The molecule has 3 fully saturated rings. The second-order valence-corrected chi connectivity index (χ2v) is 15.9. The molecule has 0 radical (unpaired) electrons. The SMILES string of the molecule is Cc1ccc(OC(=O)CC(C)(CC(=O)C2CCC(C3Cc4ccccc4CC3=O)CC2)C(=O)C2CCC(C3CCCCC3)CC2)cc1. The minimum Gasteiger partial charge on any atom is -0.427 e. The van der Waals surface area contributed by atoms with Crippen molar-refractivity contribution in [1.29, 1.82) is 0 Å². The molecule has 2 aromatic carbocycles. The van der Waals surface area contributed by atoms with Crippen LogP contribution in [0.5, 0.6) is 5.75 Å². The lowest BCUT2D eigenvalue weighted by atomic mass is 9.64. The maximum atomic E-state index is 14.4. The lowest BCUT2D eigenvalue weighted by Gasteiger charge is -2.39. The van der Waals surface area contributed by atoms with E-state index < -0.39 is 11.4 Å². The number of ketones is 3. The van der Waals surface area contributed by atoms with Crippen molar-refractivity contribution in [2.45, 2.75) is 123 Å². The van der Waals surface area contributed by atoms with Gasteiger partial charge in [0, 0.05) is 36.0 Å². The summed E-state index contributed by atoms with van der Waals surface area (Å²) >= 11 is 0. The summed E-state index contributed by atoms with van der Waals surface area (Å²) in [6.45, 7) is 3.83. The van der Waals surface area contributed by atoms with Gasteiger partial charge in [0.2, 0.25) is 0 Å². The molecule has 252 valence electrons. The Balaban J connectivity index is 1.10. The van der Waals surface area contributed by atoms with Gasteiger partial charge in [-0.15, -0.1) is 0 Å². The first-order valence-corrected chi connectivity index (χ1v) is 18.6. The van der Waals surface area contributed by atoms with Crippen LogP contribution in [0.4, 0.5) is 0 Å². The highest BCUT2D eigenvalue weighted by Crippen LogP contribution is 2.45. The molecule has 5 nitrogen and oxygen atoms in total. The Hall–Kier alpha value is -3.08. The van der Waals surface area contributed by atoms with Crippen molar-refractivity contribution in [2.24, 2.45) is 40.9 Å². The summed E-state index contributed by atoms with van der Waals surface area (Å²) in [5, 5.41) is 0. The third kappa shape index (κ3) is 8.15. The van der Waals surface area contributed by atoms with E-state index in [1.165, 1.54) is 37.7 Å². The van der Waals surface area contributed by atoms with Crippen molar-refractivity contribution in [1.82, 2.24) is 0 Å². The van der Waals surface area contributed by atoms with E-state index in [-0.39, 0.29) is 42.2 Å². The number of carbonyl (C=O) groups is 4. The molecule has 2 atom stereocenters. The monoisotopic (exact) mass is 638 g/mol. The Labute approximate surface area is 281 Å². The smallest absolute Gasteiger partial charge is 0.312 e. The van der Waals surface area contributed by atoms with Gasteiger partial charge in [-0.1, -0.05) is 81.0 Å². The number of esters is 1. The van der Waals surface area contributed by atoms with Gasteiger partial charge >= 0.3 is 5.97 Å². The second kappa shape index (κ2) is 15.0. The van der Waals surface area contributed by atoms with Crippen LogP contribution < -0.4 is 4.74 Å². The van der Waals surface area contributed by atoms with Gasteiger partial charge in [0.25, 0.3) is 0 Å². The average Bonchev–Trinajstić information content (AvgIpc) is 3.09. The van der Waals surface area contributed by atoms with E-state index in [0.717, 1.165) is 74.8 Å². The fourth-order valence-electron chi connectivity index (χ4n) is 9.68. The van der Waals surface area contributed by atoms with Crippen molar-refractivity contribution in [3.63, 3.8) is 0 Å². The van der Waals surface area contributed by atoms with Crippen LogP contribution in [-0.4, -0.2) is 23.3 Å². The Kier molecular flexibility index (Phi) is 10.8. The molecule has 0 amide bonds. The third-order valence-corrected chi connectivity index (χ3v) is 12.5. The number of carbonyl (C=O) groups excluding carboxylic acids is 4. The maximum absolute atomic E-state index is 14.4. The van der Waals surface area contributed by atoms with Crippen LogP contribution in [0.3, 0.4) is 0 Å². The van der Waals surface area contributed by atoms with Crippen LogP contribution >= 0.6 is 0 Å². The number of fused-ring (bicyclic) bond motifs is 1. The van der Waals surface area contributed by atoms with Crippen LogP contribution in [0.1, 0.15) is 120 Å². The molecule has 0 spiro atoms. The summed E-state index contributed by atoms with van der Waals surface area (Å²) in [4.78, 5) is 54.8. The van der Waals surface area contributed by atoms with Crippen molar-refractivity contribution in [3.05, 3.63) is 65.2 Å². The lowest BCUT2D eigenvalue weighted by Crippen LogP contribution is -2.41. The largest absolute Gasteiger partial charge is 0.427 e. The number of hydrogen-bond donors (Lipinski definition) is 0. The van der Waals surface area contributed by atoms with E-state index in [1.54, 1.807) is 12.1 Å². The topological polar surface area (TPSA) is 77.5 Å².